The minimum absolute atomic E-state index is 0.0352. The lowest BCUT2D eigenvalue weighted by molar-refractivity contribution is -0.142. The maximum atomic E-state index is 14.5. The molecule has 6 rings (SSSR count). The summed E-state index contributed by atoms with van der Waals surface area (Å²) in [6.07, 6.45) is -2.87. The highest BCUT2D eigenvalue weighted by atomic mass is 16.4. The third-order valence-corrected chi connectivity index (χ3v) is 16.9. The van der Waals surface area contributed by atoms with E-state index in [1.165, 1.54) is 19.4 Å². The number of nitrogens with zero attached hydrogens (tertiary/aromatic N) is 1. The second-order valence-corrected chi connectivity index (χ2v) is 25.1. The summed E-state index contributed by atoms with van der Waals surface area (Å²) in [5.41, 5.74) is 19.3. The number of aliphatic hydroxyl groups is 3. The van der Waals surface area contributed by atoms with Crippen molar-refractivity contribution >= 4 is 76.9 Å². The molecule has 0 aliphatic carbocycles. The van der Waals surface area contributed by atoms with Crippen LogP contribution in [0.3, 0.4) is 0 Å². The summed E-state index contributed by atoms with van der Waals surface area (Å²) in [7, 11) is 0. The minimum atomic E-state index is -2.04. The Kier molecular flexibility index (Phi) is 31.5. The van der Waals surface area contributed by atoms with Crippen molar-refractivity contribution in [3.8, 4) is 22.3 Å². The molecule has 105 heavy (non-hydrogen) atoms. The molecule has 32 heteroatoms. The fourth-order valence-electron chi connectivity index (χ4n) is 11.1. The molecule has 11 amide bonds. The van der Waals surface area contributed by atoms with Gasteiger partial charge >= 0.3 is 11.9 Å². The zero-order valence-electron chi connectivity index (χ0n) is 58.4. The number of rotatable bonds is 40. The van der Waals surface area contributed by atoms with Gasteiger partial charge in [0.25, 0.3) is 0 Å². The van der Waals surface area contributed by atoms with Crippen molar-refractivity contribution in [2.75, 3.05) is 13.2 Å². The molecule has 0 saturated carbocycles. The number of imidazole rings is 1. The Morgan fingerprint density at radius 2 is 1.01 bits per heavy atom. The standard InChI is InChI=1S/C73H90N14O18/c1-6-45-17-13-14-20-51(45)49-26-25-48(39(2)29-49)32-56(68(100)81-54(64(75)96)30-44-21-23-47(24-22-44)46-18-11-8-12-19-46)82-69(101)57(34-61(94)95)83-71(103)58(37-88)85-73(105)63(42(5)90)87-70(102)55(31-43-15-9-7-10-16-43)84-72(104)62(41(4)89)86-59(91)36-77-67(99)53(27-28-60(92)93)80-65(97)40(3)79-66(98)52(74)33-50-35-76-38-78-50/h7-26,29,35,38,40-42,52-58,62-63,88-90H,6,27-28,30-34,36-37,74H2,1-5H3,(H2,75,96)(H,76,78)(H,77,99)(H,79,98)(H,80,97)(H,81,100)(H,82,101)(H,83,103)(H,84,104)(H,85,105)(H,86,91)(H,87,102)(H,92,93)(H,94,95)/t40-,41+,42+,52-,53-,54-,55-,56-,57-,58-,62-,63-/m0/s1. The van der Waals surface area contributed by atoms with Crippen molar-refractivity contribution in [2.45, 2.75) is 159 Å². The van der Waals surface area contributed by atoms with Gasteiger partial charge in [0.15, 0.2) is 0 Å². The van der Waals surface area contributed by atoms with Crippen LogP contribution in [0.4, 0.5) is 0 Å². The second-order valence-electron chi connectivity index (χ2n) is 25.1. The van der Waals surface area contributed by atoms with E-state index in [2.05, 4.69) is 63.1 Å². The Balaban J connectivity index is 1.14. The number of hydrogen-bond acceptors (Lipinski definition) is 18. The van der Waals surface area contributed by atoms with Gasteiger partial charge in [-0.2, -0.15) is 0 Å². The van der Waals surface area contributed by atoms with Crippen LogP contribution in [-0.2, 0) is 94.4 Å². The lowest BCUT2D eigenvalue weighted by Crippen LogP contribution is -2.63. The minimum Gasteiger partial charge on any atom is -0.481 e. The van der Waals surface area contributed by atoms with E-state index in [9.17, 15) is 87.9 Å². The Hall–Kier alpha value is -11.7. The molecular weight excluding hydrogens is 1360 g/mol. The van der Waals surface area contributed by atoms with Gasteiger partial charge in [0.05, 0.1) is 44.1 Å². The van der Waals surface area contributed by atoms with Crippen LogP contribution in [0.1, 0.15) is 80.5 Å². The van der Waals surface area contributed by atoms with E-state index in [1.54, 1.807) is 55.5 Å². The molecule has 0 aliphatic heterocycles. The second kappa shape index (κ2) is 40.2. The number of nitrogens with one attached hydrogen (secondary N) is 11. The van der Waals surface area contributed by atoms with Crippen LogP contribution in [0, 0.1) is 6.92 Å². The Labute approximate surface area is 604 Å². The van der Waals surface area contributed by atoms with E-state index in [-0.39, 0.29) is 25.7 Å². The Morgan fingerprint density at radius 3 is 1.60 bits per heavy atom. The Bertz CT molecular complexity index is 4010. The number of amides is 11. The maximum absolute atomic E-state index is 14.5. The monoisotopic (exact) mass is 1450 g/mol. The lowest BCUT2D eigenvalue weighted by atomic mass is 9.93. The van der Waals surface area contributed by atoms with E-state index in [0.717, 1.165) is 48.1 Å². The number of aromatic nitrogens is 2. The smallest absolute Gasteiger partial charge is 0.305 e. The molecule has 0 radical (unpaired) electrons. The summed E-state index contributed by atoms with van der Waals surface area (Å²) >= 11 is 0. The summed E-state index contributed by atoms with van der Waals surface area (Å²) < 4.78 is 0. The normalized spacial score (nSPS) is 14.5. The maximum Gasteiger partial charge on any atom is 0.305 e. The van der Waals surface area contributed by atoms with Gasteiger partial charge in [-0.3, -0.25) is 62.3 Å². The van der Waals surface area contributed by atoms with Gasteiger partial charge in [-0.1, -0.05) is 134 Å². The van der Waals surface area contributed by atoms with Crippen molar-refractivity contribution in [1.82, 2.24) is 63.1 Å². The van der Waals surface area contributed by atoms with Crippen LogP contribution in [0.5, 0.6) is 0 Å². The van der Waals surface area contributed by atoms with Crippen molar-refractivity contribution < 1.29 is 87.9 Å². The molecule has 5 aromatic carbocycles. The van der Waals surface area contributed by atoms with Gasteiger partial charge in [0, 0.05) is 44.0 Å². The highest BCUT2D eigenvalue weighted by Crippen LogP contribution is 2.27. The topological polar surface area (TPSA) is 524 Å². The average molecular weight is 1450 g/mol. The fourth-order valence-corrected chi connectivity index (χ4v) is 11.1. The van der Waals surface area contributed by atoms with E-state index in [0.29, 0.717) is 27.9 Å². The molecule has 0 saturated heterocycles. The van der Waals surface area contributed by atoms with Crippen LogP contribution >= 0.6 is 0 Å². The van der Waals surface area contributed by atoms with E-state index in [4.69, 9.17) is 11.5 Å². The number of nitrogens with two attached hydrogens (primary N) is 2. The highest BCUT2D eigenvalue weighted by molar-refractivity contribution is 6.00. The first-order valence-electron chi connectivity index (χ1n) is 33.7. The van der Waals surface area contributed by atoms with Crippen LogP contribution < -0.4 is 64.6 Å². The molecule has 0 spiro atoms. The predicted octanol–water partition coefficient (Wildman–Crippen LogP) is -1.71. The number of carboxylic acids is 2. The molecule has 12 atom stereocenters. The van der Waals surface area contributed by atoms with Gasteiger partial charge < -0.3 is 95.2 Å². The predicted molar refractivity (Wildman–Crippen MR) is 381 cm³/mol. The van der Waals surface area contributed by atoms with Crippen molar-refractivity contribution in [2.24, 2.45) is 11.5 Å². The number of benzene rings is 5. The first kappa shape index (κ1) is 82.2. The summed E-state index contributed by atoms with van der Waals surface area (Å²) in [4.78, 5) is 182. The zero-order valence-corrected chi connectivity index (χ0v) is 58.4. The van der Waals surface area contributed by atoms with E-state index >= 15 is 0 Å². The summed E-state index contributed by atoms with van der Waals surface area (Å²) in [6, 6.07) is 21.2. The summed E-state index contributed by atoms with van der Waals surface area (Å²) in [6.45, 7) is 5.06. The van der Waals surface area contributed by atoms with Crippen molar-refractivity contribution in [3.05, 3.63) is 173 Å². The number of carboxylic acid groups (broad SMARTS) is 2. The van der Waals surface area contributed by atoms with Crippen LogP contribution in [-0.4, -0.2) is 198 Å². The molecule has 560 valence electrons. The van der Waals surface area contributed by atoms with Crippen LogP contribution in [0.15, 0.2) is 140 Å². The number of carbonyl (C=O) groups excluding carboxylic acids is 11. The molecule has 0 fully saturated rings. The third-order valence-electron chi connectivity index (χ3n) is 16.9. The van der Waals surface area contributed by atoms with E-state index < -0.39 is 182 Å². The molecule has 32 nitrogen and oxygen atoms in total. The molecule has 20 N–H and O–H groups in total. The van der Waals surface area contributed by atoms with Crippen molar-refractivity contribution in [1.29, 1.82) is 0 Å². The Morgan fingerprint density at radius 1 is 0.495 bits per heavy atom. The SMILES string of the molecule is CCc1ccccc1-c1ccc(C[C@H](NC(=O)[C@H](CC(=O)O)NC(=O)[C@H](CO)NC(=O)[C@@H](NC(=O)[C@H](Cc2ccccc2)NC(=O)[C@@H](NC(=O)CNC(=O)[C@H](CCC(=O)O)NC(=O)[C@H](C)NC(=O)[C@@H](N)Cc2cnc[nH]2)[C@@H](C)O)[C@@H](C)O)C(=O)N[C@@H](Cc2ccc(-c3ccccc3)cc2)C(N)=O)c(C)c1. The highest BCUT2D eigenvalue weighted by Gasteiger charge is 2.38. The van der Waals surface area contributed by atoms with Gasteiger partial charge in [-0.15, -0.1) is 0 Å². The van der Waals surface area contributed by atoms with Gasteiger partial charge in [-0.25, -0.2) is 4.98 Å². The van der Waals surface area contributed by atoms with Gasteiger partial charge in [0.2, 0.25) is 65.0 Å². The number of aryl methyl sites for hydroxylation is 2. The number of aromatic amines is 1. The summed E-state index contributed by atoms with van der Waals surface area (Å²) in [5.74, 6) is -15.0. The molecule has 1 heterocycles. The number of aliphatic hydroxyl groups excluding tert-OH is 3. The van der Waals surface area contributed by atoms with Gasteiger partial charge in [-0.05, 0) is 90.6 Å². The van der Waals surface area contributed by atoms with Gasteiger partial charge in [0.1, 0.15) is 54.4 Å². The van der Waals surface area contributed by atoms with Crippen LogP contribution in [0.2, 0.25) is 0 Å². The van der Waals surface area contributed by atoms with Crippen molar-refractivity contribution in [3.63, 3.8) is 0 Å². The molecule has 0 unspecified atom stereocenters. The molecule has 0 bridgehead atoms. The zero-order chi connectivity index (χ0) is 77.0. The van der Waals surface area contributed by atoms with E-state index in [1.807, 2.05) is 85.8 Å². The third kappa shape index (κ3) is 25.6. The molecular formula is C73H90N14O18. The number of primary amides is 1. The average Bonchev–Trinajstić information content (AvgIpc) is 1.40. The number of hydrogen-bond donors (Lipinski definition) is 18. The molecule has 0 aliphatic rings. The number of aliphatic carboxylic acids is 2. The molecule has 1 aromatic heterocycles. The first-order valence-corrected chi connectivity index (χ1v) is 33.7. The molecule has 6 aromatic rings. The number of H-pyrrole nitrogens is 1. The van der Waals surface area contributed by atoms with Crippen LogP contribution in [0.25, 0.3) is 22.3 Å². The quantitative estimate of drug-likeness (QED) is 0.0204. The fraction of sp³-hybridized carbons (Fsp3) is 0.370. The number of carbonyl (C=O) groups is 13. The largest absolute Gasteiger partial charge is 0.481 e. The first-order chi connectivity index (χ1) is 49.9. The lowest BCUT2D eigenvalue weighted by Gasteiger charge is -2.28. The summed E-state index contributed by atoms with van der Waals surface area (Å²) in [5, 5.41) is 75.2.